The number of rotatable bonds is 0. The summed E-state index contributed by atoms with van der Waals surface area (Å²) >= 11 is 0. The van der Waals surface area contributed by atoms with Gasteiger partial charge in [0, 0.05) is 16.2 Å². The van der Waals surface area contributed by atoms with Crippen LogP contribution in [-0.4, -0.2) is 15.3 Å². The van der Waals surface area contributed by atoms with Gasteiger partial charge in [0.05, 0.1) is 0 Å². The van der Waals surface area contributed by atoms with Crippen LogP contribution in [-0.2, 0) is 0 Å². The van der Waals surface area contributed by atoms with E-state index in [-0.39, 0.29) is 17.2 Å². The molecule has 0 heterocycles. The van der Waals surface area contributed by atoms with Crippen LogP contribution in [0.1, 0.15) is 0 Å². The first-order valence-corrected chi connectivity index (χ1v) is 6.65. The second kappa shape index (κ2) is 4.03. The summed E-state index contributed by atoms with van der Waals surface area (Å²) in [5.41, 5.74) is 0. The first-order chi connectivity index (χ1) is 10.2. The molecular formula is C18H12O3. The predicted molar refractivity (Wildman–Crippen MR) is 84.0 cm³/mol. The van der Waals surface area contributed by atoms with Gasteiger partial charge in [0.15, 0.2) is 0 Å². The van der Waals surface area contributed by atoms with Crippen LogP contribution in [0.3, 0.4) is 0 Å². The zero-order valence-corrected chi connectivity index (χ0v) is 11.0. The zero-order valence-electron chi connectivity index (χ0n) is 11.0. The second-order valence-corrected chi connectivity index (χ2v) is 5.10. The van der Waals surface area contributed by atoms with Gasteiger partial charge in [-0.2, -0.15) is 0 Å². The van der Waals surface area contributed by atoms with Gasteiger partial charge in [-0.3, -0.25) is 0 Å². The third-order valence-electron chi connectivity index (χ3n) is 3.94. The summed E-state index contributed by atoms with van der Waals surface area (Å²) < 4.78 is 0. The number of phenolic OH excluding ortho intramolecular Hbond substituents is 3. The molecule has 4 aromatic carbocycles. The number of hydrogen-bond acceptors (Lipinski definition) is 3. The highest BCUT2D eigenvalue weighted by atomic mass is 16.3. The van der Waals surface area contributed by atoms with Crippen molar-refractivity contribution in [3.8, 4) is 17.2 Å². The van der Waals surface area contributed by atoms with Gasteiger partial charge >= 0.3 is 0 Å². The molecule has 0 radical (unpaired) electrons. The average molecular weight is 276 g/mol. The van der Waals surface area contributed by atoms with Crippen molar-refractivity contribution in [2.75, 3.05) is 0 Å². The molecule has 0 saturated heterocycles. The Hall–Kier alpha value is -2.94. The molecule has 0 aliphatic heterocycles. The fraction of sp³-hybridized carbons (Fsp3) is 0. The first kappa shape index (κ1) is 11.9. The summed E-state index contributed by atoms with van der Waals surface area (Å²) in [7, 11) is 0. The molecule has 0 bridgehead atoms. The Morgan fingerprint density at radius 3 is 1.00 bits per heavy atom. The van der Waals surface area contributed by atoms with Crippen molar-refractivity contribution >= 4 is 32.3 Å². The minimum atomic E-state index is 0.133. The van der Waals surface area contributed by atoms with Crippen molar-refractivity contribution in [3.63, 3.8) is 0 Å². The van der Waals surface area contributed by atoms with Crippen LogP contribution in [0.15, 0.2) is 54.6 Å². The molecule has 0 aromatic heterocycles. The minimum Gasteiger partial charge on any atom is -0.507 e. The molecule has 0 saturated carbocycles. The van der Waals surface area contributed by atoms with Crippen LogP contribution < -0.4 is 0 Å². The van der Waals surface area contributed by atoms with E-state index >= 15 is 0 Å². The Labute approximate surface area is 120 Å². The summed E-state index contributed by atoms with van der Waals surface area (Å²) in [6, 6.07) is 15.7. The zero-order chi connectivity index (χ0) is 14.6. The quantitative estimate of drug-likeness (QED) is 0.420. The fourth-order valence-electron chi connectivity index (χ4n) is 3.09. The number of phenols is 3. The highest BCUT2D eigenvalue weighted by molar-refractivity contribution is 6.29. The van der Waals surface area contributed by atoms with E-state index in [1.807, 2.05) is 18.2 Å². The summed E-state index contributed by atoms with van der Waals surface area (Å²) in [4.78, 5) is 0. The highest BCUT2D eigenvalue weighted by Crippen LogP contribution is 2.44. The second-order valence-electron chi connectivity index (χ2n) is 5.10. The first-order valence-electron chi connectivity index (χ1n) is 6.65. The van der Waals surface area contributed by atoms with Gasteiger partial charge in [-0.05, 0) is 34.4 Å². The molecule has 3 heteroatoms. The smallest absolute Gasteiger partial charge is 0.124 e. The number of benzene rings is 4. The summed E-state index contributed by atoms with van der Waals surface area (Å²) in [5, 5.41) is 34.9. The standard InChI is InChI=1S/C18H12O3/c19-13-7-1-4-10-16(13)11-5-2-9-15(21)18(11)12-6-3-8-14(20)17(10)12/h1-9,19-21H. The monoisotopic (exact) mass is 276 g/mol. The lowest BCUT2D eigenvalue weighted by atomic mass is 9.93. The molecule has 0 amide bonds. The molecule has 4 aromatic rings. The number of aromatic hydroxyl groups is 3. The maximum absolute atomic E-state index is 10.2. The summed E-state index contributed by atoms with van der Waals surface area (Å²) in [5.74, 6) is 0.398. The molecule has 3 nitrogen and oxygen atoms in total. The molecule has 0 fully saturated rings. The van der Waals surface area contributed by atoms with Gasteiger partial charge in [0.25, 0.3) is 0 Å². The average Bonchev–Trinajstić information content (AvgIpc) is 2.47. The lowest BCUT2D eigenvalue weighted by Crippen LogP contribution is -1.85. The van der Waals surface area contributed by atoms with Gasteiger partial charge in [0.1, 0.15) is 17.2 Å². The van der Waals surface area contributed by atoms with Crippen LogP contribution in [0, 0.1) is 0 Å². The summed E-state index contributed by atoms with van der Waals surface area (Å²) in [6.45, 7) is 0. The Morgan fingerprint density at radius 1 is 0.429 bits per heavy atom. The maximum atomic E-state index is 10.2. The number of hydrogen-bond donors (Lipinski definition) is 3. The van der Waals surface area contributed by atoms with E-state index in [2.05, 4.69) is 0 Å². The van der Waals surface area contributed by atoms with E-state index in [0.29, 0.717) is 16.2 Å². The molecule has 4 rings (SSSR count). The minimum absolute atomic E-state index is 0.133. The van der Waals surface area contributed by atoms with E-state index in [1.54, 1.807) is 36.4 Å². The van der Waals surface area contributed by atoms with Crippen molar-refractivity contribution in [1.82, 2.24) is 0 Å². The van der Waals surface area contributed by atoms with Gasteiger partial charge in [-0.15, -0.1) is 0 Å². The van der Waals surface area contributed by atoms with Gasteiger partial charge in [-0.25, -0.2) is 0 Å². The molecular weight excluding hydrogens is 264 g/mol. The van der Waals surface area contributed by atoms with Crippen molar-refractivity contribution in [1.29, 1.82) is 0 Å². The lowest BCUT2D eigenvalue weighted by molar-refractivity contribution is 0.480. The van der Waals surface area contributed by atoms with Crippen molar-refractivity contribution in [3.05, 3.63) is 54.6 Å². The van der Waals surface area contributed by atoms with E-state index in [1.165, 1.54) is 0 Å². The molecule has 102 valence electrons. The Bertz CT molecular complexity index is 856. The SMILES string of the molecule is Oc1cccc2c1c1cccc(O)c1c1cccc(O)c21. The van der Waals surface area contributed by atoms with Gasteiger partial charge < -0.3 is 15.3 Å². The predicted octanol–water partition coefficient (Wildman–Crippen LogP) is 4.26. The Kier molecular flexibility index (Phi) is 2.27. The molecule has 3 N–H and O–H groups in total. The third-order valence-corrected chi connectivity index (χ3v) is 3.94. The lowest BCUT2D eigenvalue weighted by Gasteiger charge is -2.13. The van der Waals surface area contributed by atoms with E-state index in [4.69, 9.17) is 0 Å². The van der Waals surface area contributed by atoms with Gasteiger partial charge in [-0.1, -0.05) is 36.4 Å². The Morgan fingerprint density at radius 2 is 0.714 bits per heavy atom. The van der Waals surface area contributed by atoms with E-state index in [0.717, 1.165) is 16.2 Å². The van der Waals surface area contributed by atoms with E-state index < -0.39 is 0 Å². The van der Waals surface area contributed by atoms with Gasteiger partial charge in [0.2, 0.25) is 0 Å². The largest absolute Gasteiger partial charge is 0.507 e. The highest BCUT2D eigenvalue weighted by Gasteiger charge is 2.15. The van der Waals surface area contributed by atoms with Crippen LogP contribution in [0.5, 0.6) is 17.2 Å². The van der Waals surface area contributed by atoms with Crippen LogP contribution in [0.25, 0.3) is 32.3 Å². The van der Waals surface area contributed by atoms with Crippen LogP contribution in [0.2, 0.25) is 0 Å². The maximum Gasteiger partial charge on any atom is 0.124 e. The summed E-state index contributed by atoms with van der Waals surface area (Å²) in [6.07, 6.45) is 0. The fourth-order valence-corrected chi connectivity index (χ4v) is 3.09. The molecule has 0 aliphatic rings. The van der Waals surface area contributed by atoms with Crippen molar-refractivity contribution in [2.24, 2.45) is 0 Å². The molecule has 0 unspecified atom stereocenters. The van der Waals surface area contributed by atoms with Crippen LogP contribution in [0.4, 0.5) is 0 Å². The van der Waals surface area contributed by atoms with Crippen molar-refractivity contribution < 1.29 is 15.3 Å². The third kappa shape index (κ3) is 1.48. The number of fused-ring (bicyclic) bond motifs is 6. The molecule has 0 spiro atoms. The topological polar surface area (TPSA) is 60.7 Å². The molecule has 0 atom stereocenters. The van der Waals surface area contributed by atoms with Crippen molar-refractivity contribution in [2.45, 2.75) is 0 Å². The van der Waals surface area contributed by atoms with E-state index in [9.17, 15) is 15.3 Å². The Balaban J connectivity index is 2.51. The van der Waals surface area contributed by atoms with Crippen LogP contribution >= 0.6 is 0 Å². The normalized spacial score (nSPS) is 11.4. The molecule has 21 heavy (non-hydrogen) atoms. The molecule has 0 aliphatic carbocycles.